The maximum atomic E-state index is 5.50. The molecule has 1 N–H and O–H groups in total. The second-order valence-corrected chi connectivity index (χ2v) is 7.31. The van der Waals surface area contributed by atoms with Crippen LogP contribution in [0.5, 0.6) is 0 Å². The van der Waals surface area contributed by atoms with Crippen LogP contribution in [0.3, 0.4) is 0 Å². The van der Waals surface area contributed by atoms with Gasteiger partial charge in [-0.1, -0.05) is 32.9 Å². The van der Waals surface area contributed by atoms with E-state index in [9.17, 15) is 0 Å². The van der Waals surface area contributed by atoms with Gasteiger partial charge in [-0.05, 0) is 18.8 Å². The van der Waals surface area contributed by atoms with Crippen LogP contribution in [0.25, 0.3) is 0 Å². The molecule has 1 aromatic heterocycles. The Labute approximate surface area is 175 Å². The van der Waals surface area contributed by atoms with E-state index in [-0.39, 0.29) is 24.0 Å². The highest BCUT2D eigenvalue weighted by Gasteiger charge is 2.20. The molecule has 1 aromatic rings. The number of hydrogen-bond donors (Lipinski definition) is 1. The summed E-state index contributed by atoms with van der Waals surface area (Å²) in [6.45, 7) is 15.0. The van der Waals surface area contributed by atoms with Crippen molar-refractivity contribution in [2.24, 2.45) is 10.9 Å². The van der Waals surface area contributed by atoms with Gasteiger partial charge in [0.25, 0.3) is 0 Å². The highest BCUT2D eigenvalue weighted by atomic mass is 127. The number of nitrogens with zero attached hydrogens (tertiary/aromatic N) is 4. The lowest BCUT2D eigenvalue weighted by molar-refractivity contribution is 0.163. The summed E-state index contributed by atoms with van der Waals surface area (Å²) in [4.78, 5) is 9.30. The zero-order valence-electron chi connectivity index (χ0n) is 17.0. The van der Waals surface area contributed by atoms with Gasteiger partial charge in [0, 0.05) is 51.8 Å². The Morgan fingerprint density at radius 3 is 2.42 bits per heavy atom. The minimum Gasteiger partial charge on any atom is -0.359 e. The minimum absolute atomic E-state index is 0. The Balaban J connectivity index is 0.00000338. The van der Waals surface area contributed by atoms with Gasteiger partial charge >= 0.3 is 0 Å². The van der Waals surface area contributed by atoms with Crippen LogP contribution in [-0.4, -0.2) is 60.7 Å². The molecule has 0 amide bonds. The highest BCUT2D eigenvalue weighted by molar-refractivity contribution is 14.0. The van der Waals surface area contributed by atoms with Crippen molar-refractivity contribution >= 4 is 29.9 Å². The lowest BCUT2D eigenvalue weighted by Gasteiger charge is -2.37. The van der Waals surface area contributed by atoms with Crippen molar-refractivity contribution in [2.75, 3.05) is 39.8 Å². The molecule has 0 radical (unpaired) electrons. The molecular formula is C19H36IN5O. The first-order chi connectivity index (χ1) is 12.1. The topological polar surface area (TPSA) is 56.9 Å². The molecular weight excluding hydrogens is 441 g/mol. The van der Waals surface area contributed by atoms with Crippen LogP contribution in [0, 0.1) is 5.92 Å². The van der Waals surface area contributed by atoms with Crippen molar-refractivity contribution in [3.63, 3.8) is 0 Å². The van der Waals surface area contributed by atoms with E-state index >= 15 is 0 Å². The molecule has 2 rings (SSSR count). The summed E-state index contributed by atoms with van der Waals surface area (Å²) < 4.78 is 5.50. The molecule has 150 valence electrons. The summed E-state index contributed by atoms with van der Waals surface area (Å²) in [6, 6.07) is 2.08. The van der Waals surface area contributed by atoms with Crippen molar-refractivity contribution in [1.29, 1.82) is 0 Å². The van der Waals surface area contributed by atoms with Gasteiger partial charge in [-0.3, -0.25) is 9.89 Å². The third kappa shape index (κ3) is 6.72. The van der Waals surface area contributed by atoms with E-state index in [4.69, 9.17) is 4.52 Å². The summed E-state index contributed by atoms with van der Waals surface area (Å²) in [6.07, 6.45) is 2.19. The molecule has 0 atom stereocenters. The molecule has 2 heterocycles. The lowest BCUT2D eigenvalue weighted by atomic mass is 9.99. The van der Waals surface area contributed by atoms with Crippen molar-refractivity contribution in [3.8, 4) is 0 Å². The van der Waals surface area contributed by atoms with Crippen LogP contribution in [0.4, 0.5) is 0 Å². The molecule has 7 heteroatoms. The molecule has 1 aliphatic heterocycles. The molecule has 1 fully saturated rings. The number of hydrogen-bond acceptors (Lipinski definition) is 4. The van der Waals surface area contributed by atoms with Crippen molar-refractivity contribution < 1.29 is 4.52 Å². The van der Waals surface area contributed by atoms with Crippen LogP contribution < -0.4 is 5.32 Å². The third-order valence-corrected chi connectivity index (χ3v) is 4.91. The Hall–Kier alpha value is -0.830. The average Bonchev–Trinajstić information content (AvgIpc) is 3.06. The minimum atomic E-state index is 0. The highest BCUT2D eigenvalue weighted by Crippen LogP contribution is 2.22. The maximum Gasteiger partial charge on any atom is 0.194 e. The largest absolute Gasteiger partial charge is 0.359 e. The number of guanidine groups is 1. The van der Waals surface area contributed by atoms with E-state index < -0.39 is 0 Å². The summed E-state index contributed by atoms with van der Waals surface area (Å²) in [5.41, 5.74) is 1.07. The average molecular weight is 477 g/mol. The van der Waals surface area contributed by atoms with E-state index in [1.165, 1.54) is 6.54 Å². The fourth-order valence-electron chi connectivity index (χ4n) is 3.47. The first-order valence-electron chi connectivity index (χ1n) is 9.70. The molecule has 26 heavy (non-hydrogen) atoms. The Kier molecular flexibility index (Phi) is 10.5. The van der Waals surface area contributed by atoms with Crippen molar-refractivity contribution in [2.45, 2.75) is 53.0 Å². The fourth-order valence-corrected chi connectivity index (χ4v) is 3.47. The SMILES string of the molecule is CCC(CC)c1cc(CNC(=NC)N2CCN(CC(C)C)CC2)on1.I. The molecule has 6 nitrogen and oxygen atoms in total. The van der Waals surface area contributed by atoms with E-state index in [2.05, 4.69) is 59.0 Å². The van der Waals surface area contributed by atoms with Gasteiger partial charge in [-0.2, -0.15) is 0 Å². The van der Waals surface area contributed by atoms with Crippen molar-refractivity contribution in [3.05, 3.63) is 17.5 Å². The van der Waals surface area contributed by atoms with Gasteiger partial charge in [-0.25, -0.2) is 0 Å². The molecule has 0 saturated carbocycles. The smallest absolute Gasteiger partial charge is 0.194 e. The zero-order chi connectivity index (χ0) is 18.2. The monoisotopic (exact) mass is 477 g/mol. The number of piperazine rings is 1. The summed E-state index contributed by atoms with van der Waals surface area (Å²) in [7, 11) is 1.85. The number of rotatable bonds is 7. The quantitative estimate of drug-likeness (QED) is 0.370. The molecule has 0 bridgehead atoms. The third-order valence-electron chi connectivity index (χ3n) is 4.91. The number of halogens is 1. The Morgan fingerprint density at radius 2 is 1.88 bits per heavy atom. The number of aromatic nitrogens is 1. The van der Waals surface area contributed by atoms with E-state index in [1.807, 2.05) is 7.05 Å². The normalized spacial score (nSPS) is 16.3. The maximum absolute atomic E-state index is 5.50. The first-order valence-corrected chi connectivity index (χ1v) is 9.70. The second kappa shape index (κ2) is 11.8. The number of aliphatic imine (C=N–C) groups is 1. The summed E-state index contributed by atoms with van der Waals surface area (Å²) in [5, 5.41) is 7.66. The van der Waals surface area contributed by atoms with Gasteiger partial charge in [0.15, 0.2) is 11.7 Å². The van der Waals surface area contributed by atoms with E-state index in [1.54, 1.807) is 0 Å². The van der Waals surface area contributed by atoms with Gasteiger partial charge in [0.1, 0.15) is 0 Å². The van der Waals surface area contributed by atoms with Crippen molar-refractivity contribution in [1.82, 2.24) is 20.3 Å². The number of nitrogens with one attached hydrogen (secondary N) is 1. The molecule has 0 spiro atoms. The lowest BCUT2D eigenvalue weighted by Crippen LogP contribution is -2.52. The van der Waals surface area contributed by atoms with Crippen LogP contribution in [-0.2, 0) is 6.54 Å². The second-order valence-electron chi connectivity index (χ2n) is 7.31. The van der Waals surface area contributed by atoms with Gasteiger partial charge in [-0.15, -0.1) is 24.0 Å². The van der Waals surface area contributed by atoms with Crippen LogP contribution in [0.2, 0.25) is 0 Å². The fraction of sp³-hybridized carbons (Fsp3) is 0.789. The zero-order valence-corrected chi connectivity index (χ0v) is 19.3. The Morgan fingerprint density at radius 1 is 1.23 bits per heavy atom. The molecule has 0 aromatic carbocycles. The van der Waals surface area contributed by atoms with Crippen LogP contribution in [0.1, 0.15) is 57.9 Å². The van der Waals surface area contributed by atoms with E-state index in [0.717, 1.165) is 62.4 Å². The predicted octanol–water partition coefficient (Wildman–Crippen LogP) is 3.55. The molecule has 1 saturated heterocycles. The summed E-state index contributed by atoms with van der Waals surface area (Å²) in [5.74, 6) is 3.04. The predicted molar refractivity (Wildman–Crippen MR) is 118 cm³/mol. The van der Waals surface area contributed by atoms with Gasteiger partial charge in [0.2, 0.25) is 0 Å². The standard InChI is InChI=1S/C19H35N5O.HI/c1-6-16(7-2)18-12-17(25-22-18)13-21-19(20-5)24-10-8-23(9-11-24)14-15(3)4;/h12,15-16H,6-11,13-14H2,1-5H3,(H,20,21);1H. The summed E-state index contributed by atoms with van der Waals surface area (Å²) >= 11 is 0. The van der Waals surface area contributed by atoms with E-state index in [0.29, 0.717) is 12.5 Å². The Bertz CT molecular complexity index is 534. The van der Waals surface area contributed by atoms with Gasteiger partial charge < -0.3 is 14.7 Å². The van der Waals surface area contributed by atoms with Crippen LogP contribution in [0.15, 0.2) is 15.6 Å². The van der Waals surface area contributed by atoms with Gasteiger partial charge in [0.05, 0.1) is 12.2 Å². The van der Waals surface area contributed by atoms with Crippen LogP contribution >= 0.6 is 24.0 Å². The first kappa shape index (κ1) is 23.2. The molecule has 1 aliphatic rings. The molecule has 0 aliphatic carbocycles. The molecule has 0 unspecified atom stereocenters.